The Morgan fingerprint density at radius 3 is 2.43 bits per heavy atom. The third-order valence-electron chi connectivity index (χ3n) is 4.17. The molecule has 2 N–H and O–H groups in total. The minimum absolute atomic E-state index is 0.294. The highest BCUT2D eigenvalue weighted by Crippen LogP contribution is 2.23. The summed E-state index contributed by atoms with van der Waals surface area (Å²) >= 11 is 0. The summed E-state index contributed by atoms with van der Waals surface area (Å²) in [6, 6.07) is -0.703. The number of carbonyl (C=O) groups is 1. The van der Waals surface area contributed by atoms with Gasteiger partial charge in [-0.05, 0) is 32.7 Å². The summed E-state index contributed by atoms with van der Waals surface area (Å²) in [4.78, 5) is 13.2. The van der Waals surface area contributed by atoms with Crippen molar-refractivity contribution in [3.8, 4) is 0 Å². The van der Waals surface area contributed by atoms with E-state index in [4.69, 9.17) is 5.11 Å². The van der Waals surface area contributed by atoms with Crippen molar-refractivity contribution in [2.24, 2.45) is 5.92 Å². The lowest BCUT2D eigenvalue weighted by molar-refractivity contribution is -0.208. The Hall–Kier alpha value is -0.820. The molecule has 4 nitrogen and oxygen atoms in total. The summed E-state index contributed by atoms with van der Waals surface area (Å²) in [6.07, 6.45) is -1.32. The van der Waals surface area contributed by atoms with Gasteiger partial charge < -0.3 is 10.4 Å². The van der Waals surface area contributed by atoms with E-state index in [1.165, 1.54) is 31.2 Å². The van der Waals surface area contributed by atoms with Crippen LogP contribution in [0.15, 0.2) is 0 Å². The normalized spacial score (nSPS) is 20.3. The van der Waals surface area contributed by atoms with E-state index in [0.717, 1.165) is 12.8 Å². The van der Waals surface area contributed by atoms with Gasteiger partial charge in [0.25, 0.3) is 0 Å². The first-order valence-electron chi connectivity index (χ1n) is 7.44. The van der Waals surface area contributed by atoms with Crippen LogP contribution in [0.4, 0.5) is 13.2 Å². The second-order valence-electron chi connectivity index (χ2n) is 5.92. The lowest BCUT2D eigenvalue weighted by Crippen LogP contribution is -2.49. The Kier molecular flexibility index (Phi) is 6.93. The van der Waals surface area contributed by atoms with Gasteiger partial charge in [0.05, 0.1) is 6.04 Å². The molecule has 2 unspecified atom stereocenters. The number of likely N-dealkylation sites (N-methyl/N-ethyl adjacent to an activating group) is 1. The summed E-state index contributed by atoms with van der Waals surface area (Å²) in [7, 11) is 1.40. The van der Waals surface area contributed by atoms with Crippen molar-refractivity contribution in [1.82, 2.24) is 10.2 Å². The molecular weight excluding hydrogens is 285 g/mol. The molecule has 0 aromatic rings. The van der Waals surface area contributed by atoms with E-state index in [-0.39, 0.29) is 5.91 Å². The predicted molar refractivity (Wildman–Crippen MR) is 73.7 cm³/mol. The second-order valence-corrected chi connectivity index (χ2v) is 5.92. The molecule has 1 aliphatic rings. The maximum absolute atomic E-state index is 12.3. The zero-order valence-corrected chi connectivity index (χ0v) is 12.6. The Labute approximate surface area is 123 Å². The van der Waals surface area contributed by atoms with Crippen LogP contribution in [-0.4, -0.2) is 54.4 Å². The predicted octanol–water partition coefficient (Wildman–Crippen LogP) is 1.93. The van der Waals surface area contributed by atoms with Crippen LogP contribution >= 0.6 is 0 Å². The molecule has 0 heterocycles. The van der Waals surface area contributed by atoms with Crippen LogP contribution in [-0.2, 0) is 4.79 Å². The van der Waals surface area contributed by atoms with Gasteiger partial charge in [-0.15, -0.1) is 0 Å². The molecule has 1 fully saturated rings. The second kappa shape index (κ2) is 7.98. The standard InChI is InChI=1S/C14H25F3N2O2/c1-10(19(2)9-12(20)14(15,16)17)13(21)18-8-11-6-4-3-5-7-11/h10-12,20H,3-9H2,1-2H3,(H,18,21). The van der Waals surface area contributed by atoms with Crippen molar-refractivity contribution in [3.05, 3.63) is 0 Å². The van der Waals surface area contributed by atoms with E-state index in [9.17, 15) is 18.0 Å². The Morgan fingerprint density at radius 1 is 1.33 bits per heavy atom. The molecule has 1 amide bonds. The van der Waals surface area contributed by atoms with E-state index < -0.39 is 24.9 Å². The highest BCUT2D eigenvalue weighted by Gasteiger charge is 2.39. The molecule has 0 saturated heterocycles. The van der Waals surface area contributed by atoms with Crippen molar-refractivity contribution in [2.45, 2.75) is 57.3 Å². The van der Waals surface area contributed by atoms with Crippen LogP contribution in [0.1, 0.15) is 39.0 Å². The third kappa shape index (κ3) is 6.22. The number of alkyl halides is 3. The van der Waals surface area contributed by atoms with E-state index in [0.29, 0.717) is 12.5 Å². The molecule has 1 aliphatic carbocycles. The van der Waals surface area contributed by atoms with Gasteiger partial charge in [0.1, 0.15) is 0 Å². The van der Waals surface area contributed by atoms with Crippen LogP contribution < -0.4 is 5.32 Å². The highest BCUT2D eigenvalue weighted by atomic mass is 19.4. The van der Waals surface area contributed by atoms with Crippen molar-refractivity contribution in [2.75, 3.05) is 20.1 Å². The van der Waals surface area contributed by atoms with Gasteiger partial charge in [0.2, 0.25) is 5.91 Å². The van der Waals surface area contributed by atoms with Gasteiger partial charge in [-0.2, -0.15) is 13.2 Å². The molecule has 0 bridgehead atoms. The lowest BCUT2D eigenvalue weighted by atomic mass is 9.89. The summed E-state index contributed by atoms with van der Waals surface area (Å²) in [6.45, 7) is 1.51. The van der Waals surface area contributed by atoms with Crippen molar-refractivity contribution < 1.29 is 23.1 Å². The maximum atomic E-state index is 12.3. The van der Waals surface area contributed by atoms with Gasteiger partial charge in [-0.3, -0.25) is 9.69 Å². The van der Waals surface area contributed by atoms with E-state index in [1.807, 2.05) is 0 Å². The number of halogens is 3. The van der Waals surface area contributed by atoms with Crippen LogP contribution in [0.3, 0.4) is 0 Å². The van der Waals surface area contributed by atoms with Crippen LogP contribution in [0.5, 0.6) is 0 Å². The van der Waals surface area contributed by atoms with Crippen LogP contribution in [0.2, 0.25) is 0 Å². The summed E-state index contributed by atoms with van der Waals surface area (Å²) < 4.78 is 36.9. The van der Waals surface area contributed by atoms with E-state index in [2.05, 4.69) is 5.32 Å². The first-order valence-corrected chi connectivity index (χ1v) is 7.44. The number of aliphatic hydroxyl groups excluding tert-OH is 1. The monoisotopic (exact) mass is 310 g/mol. The smallest absolute Gasteiger partial charge is 0.382 e. The maximum Gasteiger partial charge on any atom is 0.415 e. The number of amides is 1. The van der Waals surface area contributed by atoms with Crippen LogP contribution in [0.25, 0.3) is 0 Å². The quantitative estimate of drug-likeness (QED) is 0.788. The molecule has 0 aliphatic heterocycles. The minimum Gasteiger partial charge on any atom is -0.382 e. The summed E-state index contributed by atoms with van der Waals surface area (Å²) in [5, 5.41) is 11.8. The SMILES string of the molecule is CC(C(=O)NCC1CCCCC1)N(C)CC(O)C(F)(F)F. The summed E-state index contributed by atoms with van der Waals surface area (Å²) in [5.74, 6) is 0.179. The molecule has 7 heteroatoms. The largest absolute Gasteiger partial charge is 0.415 e. The molecule has 2 atom stereocenters. The van der Waals surface area contributed by atoms with Crippen molar-refractivity contribution in [1.29, 1.82) is 0 Å². The van der Waals surface area contributed by atoms with Crippen LogP contribution in [0, 0.1) is 5.92 Å². The lowest BCUT2D eigenvalue weighted by Gasteiger charge is -2.28. The highest BCUT2D eigenvalue weighted by molar-refractivity contribution is 5.81. The van der Waals surface area contributed by atoms with Gasteiger partial charge in [-0.1, -0.05) is 19.3 Å². The number of hydrogen-bond acceptors (Lipinski definition) is 3. The average Bonchev–Trinajstić information content (AvgIpc) is 2.43. The molecule has 1 saturated carbocycles. The fourth-order valence-corrected chi connectivity index (χ4v) is 2.52. The number of aliphatic hydroxyl groups is 1. The molecule has 0 radical (unpaired) electrons. The molecular formula is C14H25F3N2O2. The third-order valence-corrected chi connectivity index (χ3v) is 4.17. The zero-order valence-electron chi connectivity index (χ0n) is 12.6. The van der Waals surface area contributed by atoms with E-state index in [1.54, 1.807) is 6.92 Å². The molecule has 0 spiro atoms. The number of carbonyl (C=O) groups excluding carboxylic acids is 1. The molecule has 0 aromatic carbocycles. The van der Waals surface area contributed by atoms with Crippen molar-refractivity contribution in [3.63, 3.8) is 0 Å². The molecule has 21 heavy (non-hydrogen) atoms. The fourth-order valence-electron chi connectivity index (χ4n) is 2.52. The molecule has 1 rings (SSSR count). The fraction of sp³-hybridized carbons (Fsp3) is 0.929. The number of hydrogen-bond donors (Lipinski definition) is 2. The first kappa shape index (κ1) is 18.2. The topological polar surface area (TPSA) is 52.6 Å². The van der Waals surface area contributed by atoms with Gasteiger partial charge in [0, 0.05) is 13.1 Å². The summed E-state index contributed by atoms with van der Waals surface area (Å²) in [5.41, 5.74) is 0. The van der Waals surface area contributed by atoms with Gasteiger partial charge >= 0.3 is 6.18 Å². The average molecular weight is 310 g/mol. The molecule has 124 valence electrons. The van der Waals surface area contributed by atoms with Crippen molar-refractivity contribution >= 4 is 5.91 Å². The minimum atomic E-state index is -4.66. The van der Waals surface area contributed by atoms with Gasteiger partial charge in [-0.25, -0.2) is 0 Å². The van der Waals surface area contributed by atoms with E-state index >= 15 is 0 Å². The Balaban J connectivity index is 2.35. The molecule has 0 aromatic heterocycles. The van der Waals surface area contributed by atoms with Gasteiger partial charge in [0.15, 0.2) is 6.10 Å². The zero-order chi connectivity index (χ0) is 16.0. The Morgan fingerprint density at radius 2 is 1.90 bits per heavy atom. The number of nitrogens with zero attached hydrogens (tertiary/aromatic N) is 1. The number of nitrogens with one attached hydrogen (secondary N) is 1. The number of rotatable bonds is 6. The Bertz CT molecular complexity index is 331. The first-order chi connectivity index (χ1) is 9.71.